The van der Waals surface area contributed by atoms with Crippen LogP contribution in [0.5, 0.6) is 0 Å². The number of anilines is 1. The van der Waals surface area contributed by atoms with Gasteiger partial charge < -0.3 is 10.6 Å². The lowest BCUT2D eigenvalue weighted by Crippen LogP contribution is -2.33. The van der Waals surface area contributed by atoms with Crippen molar-refractivity contribution in [1.82, 2.24) is 10.0 Å². The lowest BCUT2D eigenvalue weighted by atomic mass is 10.00. The molecule has 1 aliphatic rings. The summed E-state index contributed by atoms with van der Waals surface area (Å²) in [5, 5.41) is 17.5. The Bertz CT molecular complexity index is 641. The quantitative estimate of drug-likeness (QED) is 0.528. The zero-order valence-electron chi connectivity index (χ0n) is 12.3. The van der Waals surface area contributed by atoms with Crippen molar-refractivity contribution in [3.63, 3.8) is 0 Å². The Labute approximate surface area is 129 Å². The molecule has 1 aromatic rings. The number of rotatable bonds is 6. The van der Waals surface area contributed by atoms with Gasteiger partial charge in [0.25, 0.3) is 5.69 Å². The number of sulfonamides is 1. The van der Waals surface area contributed by atoms with E-state index in [1.807, 2.05) is 0 Å². The highest BCUT2D eigenvalue weighted by atomic mass is 32.2. The van der Waals surface area contributed by atoms with Crippen molar-refractivity contribution in [2.45, 2.75) is 17.7 Å². The van der Waals surface area contributed by atoms with E-state index in [4.69, 9.17) is 0 Å². The van der Waals surface area contributed by atoms with Crippen LogP contribution >= 0.6 is 0 Å². The Morgan fingerprint density at radius 1 is 1.45 bits per heavy atom. The Balaban J connectivity index is 2.18. The summed E-state index contributed by atoms with van der Waals surface area (Å²) in [5.41, 5.74) is 0.103. The number of hydrogen-bond acceptors (Lipinski definition) is 6. The number of nitro benzene ring substituents is 1. The summed E-state index contributed by atoms with van der Waals surface area (Å²) in [6, 6.07) is 3.88. The Kier molecular flexibility index (Phi) is 5.33. The number of nitrogens with one attached hydrogen (secondary N) is 3. The second-order valence-electron chi connectivity index (χ2n) is 5.24. The Morgan fingerprint density at radius 3 is 2.82 bits per heavy atom. The van der Waals surface area contributed by atoms with Gasteiger partial charge >= 0.3 is 0 Å². The predicted molar refractivity (Wildman–Crippen MR) is 83.4 cm³/mol. The molecule has 0 radical (unpaired) electrons. The van der Waals surface area contributed by atoms with Crippen LogP contribution in [0.3, 0.4) is 0 Å². The van der Waals surface area contributed by atoms with E-state index >= 15 is 0 Å². The van der Waals surface area contributed by atoms with Crippen molar-refractivity contribution in [2.24, 2.45) is 5.92 Å². The molecule has 1 aromatic carbocycles. The Hall–Kier alpha value is -1.71. The molecule has 1 heterocycles. The van der Waals surface area contributed by atoms with Crippen LogP contribution < -0.4 is 15.4 Å². The van der Waals surface area contributed by atoms with Crippen molar-refractivity contribution >= 4 is 21.4 Å². The molecule has 0 aromatic heterocycles. The molecule has 8 nitrogen and oxygen atoms in total. The molecule has 1 saturated heterocycles. The van der Waals surface area contributed by atoms with Gasteiger partial charge in [0.05, 0.1) is 9.82 Å². The summed E-state index contributed by atoms with van der Waals surface area (Å²) in [7, 11) is -2.43. The minimum absolute atomic E-state index is 0.119. The van der Waals surface area contributed by atoms with Crippen molar-refractivity contribution in [2.75, 3.05) is 32.0 Å². The highest BCUT2D eigenvalue weighted by Gasteiger charge is 2.21. The molecule has 0 amide bonds. The molecule has 0 saturated carbocycles. The van der Waals surface area contributed by atoms with E-state index < -0.39 is 14.9 Å². The fraction of sp³-hybridized carbons (Fsp3) is 0.538. The monoisotopic (exact) mass is 328 g/mol. The van der Waals surface area contributed by atoms with Gasteiger partial charge in [-0.3, -0.25) is 10.1 Å². The molecule has 3 N–H and O–H groups in total. The fourth-order valence-electron chi connectivity index (χ4n) is 2.45. The van der Waals surface area contributed by atoms with Crippen molar-refractivity contribution < 1.29 is 13.3 Å². The highest BCUT2D eigenvalue weighted by molar-refractivity contribution is 7.89. The van der Waals surface area contributed by atoms with Gasteiger partial charge in [-0.05, 0) is 51.0 Å². The van der Waals surface area contributed by atoms with E-state index in [2.05, 4.69) is 15.4 Å². The van der Waals surface area contributed by atoms with E-state index in [0.717, 1.165) is 32.0 Å². The SMILES string of the molecule is CNS(=O)(=O)c1ccc(NCC2CCCNC2)c([N+](=O)[O-])c1. The van der Waals surface area contributed by atoms with Crippen LogP contribution in [-0.4, -0.2) is 40.0 Å². The van der Waals surface area contributed by atoms with Crippen LogP contribution in [-0.2, 0) is 10.0 Å². The third-order valence-electron chi connectivity index (χ3n) is 3.73. The van der Waals surface area contributed by atoms with Gasteiger partial charge in [0.2, 0.25) is 10.0 Å². The molecule has 2 rings (SSSR count). The van der Waals surface area contributed by atoms with Crippen molar-refractivity contribution in [1.29, 1.82) is 0 Å². The van der Waals surface area contributed by atoms with Crippen LogP contribution in [0.1, 0.15) is 12.8 Å². The molecular weight excluding hydrogens is 308 g/mol. The normalized spacial score (nSPS) is 18.9. The molecule has 1 atom stereocenters. The van der Waals surface area contributed by atoms with Crippen LogP contribution in [0.2, 0.25) is 0 Å². The van der Waals surface area contributed by atoms with Crippen LogP contribution in [0.25, 0.3) is 0 Å². The summed E-state index contributed by atoms with van der Waals surface area (Å²) >= 11 is 0. The molecule has 22 heavy (non-hydrogen) atoms. The number of hydrogen-bond donors (Lipinski definition) is 3. The summed E-state index contributed by atoms with van der Waals surface area (Å²) in [5.74, 6) is 0.411. The van der Waals surface area contributed by atoms with E-state index in [9.17, 15) is 18.5 Å². The molecule has 122 valence electrons. The predicted octanol–water partition coefficient (Wildman–Crippen LogP) is 0.914. The standard InChI is InChI=1S/C13H20N4O4S/c1-14-22(20,21)11-4-5-12(13(7-11)17(18)19)16-9-10-3-2-6-15-8-10/h4-5,7,10,14-16H,2-3,6,8-9H2,1H3. The fourth-order valence-corrected chi connectivity index (χ4v) is 3.20. The summed E-state index contributed by atoms with van der Waals surface area (Å²) in [4.78, 5) is 10.5. The maximum absolute atomic E-state index is 11.7. The number of piperidine rings is 1. The van der Waals surface area contributed by atoms with Gasteiger partial charge in [0.1, 0.15) is 5.69 Å². The lowest BCUT2D eigenvalue weighted by Gasteiger charge is -2.23. The summed E-state index contributed by atoms with van der Waals surface area (Å²) < 4.78 is 25.6. The van der Waals surface area contributed by atoms with E-state index in [-0.39, 0.29) is 10.6 Å². The first-order valence-electron chi connectivity index (χ1n) is 7.10. The topological polar surface area (TPSA) is 113 Å². The van der Waals surface area contributed by atoms with E-state index in [1.165, 1.54) is 19.2 Å². The van der Waals surface area contributed by atoms with Gasteiger partial charge in [-0.25, -0.2) is 13.1 Å². The van der Waals surface area contributed by atoms with Crippen molar-refractivity contribution in [3.8, 4) is 0 Å². The molecule has 1 aliphatic heterocycles. The van der Waals surface area contributed by atoms with Crippen molar-refractivity contribution in [3.05, 3.63) is 28.3 Å². The second-order valence-corrected chi connectivity index (χ2v) is 7.12. The molecule has 1 fully saturated rings. The Morgan fingerprint density at radius 2 is 2.23 bits per heavy atom. The molecule has 1 unspecified atom stereocenters. The lowest BCUT2D eigenvalue weighted by molar-refractivity contribution is -0.384. The third-order valence-corrected chi connectivity index (χ3v) is 5.14. The molecule has 0 spiro atoms. The smallest absolute Gasteiger partial charge is 0.293 e. The highest BCUT2D eigenvalue weighted by Crippen LogP contribution is 2.28. The van der Waals surface area contributed by atoms with Crippen LogP contribution in [0, 0.1) is 16.0 Å². The van der Waals surface area contributed by atoms with E-state index in [1.54, 1.807) is 0 Å². The molecule has 0 bridgehead atoms. The average molecular weight is 328 g/mol. The molecule has 9 heteroatoms. The van der Waals surface area contributed by atoms with Crippen LogP contribution in [0.4, 0.5) is 11.4 Å². The maximum Gasteiger partial charge on any atom is 0.293 e. The van der Waals surface area contributed by atoms with E-state index in [0.29, 0.717) is 18.2 Å². The maximum atomic E-state index is 11.7. The second kappa shape index (κ2) is 7.03. The minimum atomic E-state index is -3.70. The zero-order valence-corrected chi connectivity index (χ0v) is 13.1. The molecule has 0 aliphatic carbocycles. The number of nitrogens with zero attached hydrogens (tertiary/aromatic N) is 1. The number of benzene rings is 1. The minimum Gasteiger partial charge on any atom is -0.379 e. The van der Waals surface area contributed by atoms with Gasteiger partial charge in [0, 0.05) is 12.6 Å². The summed E-state index contributed by atoms with van der Waals surface area (Å²) in [6.07, 6.45) is 2.16. The van der Waals surface area contributed by atoms with Crippen LogP contribution in [0.15, 0.2) is 23.1 Å². The first-order valence-corrected chi connectivity index (χ1v) is 8.59. The summed E-state index contributed by atoms with van der Waals surface area (Å²) in [6.45, 7) is 2.51. The zero-order chi connectivity index (χ0) is 16.2. The largest absolute Gasteiger partial charge is 0.379 e. The first kappa shape index (κ1) is 16.7. The van der Waals surface area contributed by atoms with Gasteiger partial charge in [0.15, 0.2) is 0 Å². The van der Waals surface area contributed by atoms with Gasteiger partial charge in [-0.15, -0.1) is 0 Å². The molecular formula is C13H20N4O4S. The average Bonchev–Trinajstić information content (AvgIpc) is 2.53. The van der Waals surface area contributed by atoms with Gasteiger partial charge in [-0.1, -0.05) is 0 Å². The third kappa shape index (κ3) is 3.93. The number of nitro groups is 1. The van der Waals surface area contributed by atoms with Gasteiger partial charge in [-0.2, -0.15) is 0 Å². The first-order chi connectivity index (χ1) is 10.4.